The molecular weight excluding hydrogens is 330 g/mol. The minimum absolute atomic E-state index is 0.460. The third kappa shape index (κ3) is 2.93. The number of oxime groups is 1. The van der Waals surface area contributed by atoms with Crippen molar-refractivity contribution < 1.29 is 14.4 Å². The highest BCUT2D eigenvalue weighted by Crippen LogP contribution is 2.31. The molecule has 0 aliphatic rings. The SMILES string of the molecule is COc1ccc2c(-c3ccc(C=NO)o3)nn(Cc3ccccc3)c2c1. The zero-order valence-electron chi connectivity index (χ0n) is 14.2. The number of benzene rings is 2. The van der Waals surface area contributed by atoms with Gasteiger partial charge in [0, 0.05) is 11.5 Å². The molecule has 1 N–H and O–H groups in total. The molecule has 2 aromatic carbocycles. The molecule has 0 atom stereocenters. The maximum Gasteiger partial charge on any atom is 0.155 e. The molecule has 4 rings (SSSR count). The molecule has 2 heterocycles. The topological polar surface area (TPSA) is 72.8 Å². The van der Waals surface area contributed by atoms with Crippen molar-refractivity contribution in [2.75, 3.05) is 7.11 Å². The van der Waals surface area contributed by atoms with Gasteiger partial charge in [-0.25, -0.2) is 0 Å². The number of nitrogens with zero attached hydrogens (tertiary/aromatic N) is 3. The Labute approximate surface area is 149 Å². The van der Waals surface area contributed by atoms with Gasteiger partial charge in [0.1, 0.15) is 23.4 Å². The van der Waals surface area contributed by atoms with E-state index in [1.807, 2.05) is 47.1 Å². The zero-order chi connectivity index (χ0) is 17.9. The Bertz CT molecular complexity index is 1060. The van der Waals surface area contributed by atoms with Crippen LogP contribution in [0.25, 0.3) is 22.4 Å². The molecule has 26 heavy (non-hydrogen) atoms. The first-order chi connectivity index (χ1) is 12.8. The van der Waals surface area contributed by atoms with Gasteiger partial charge in [-0.3, -0.25) is 4.68 Å². The molecule has 0 bridgehead atoms. The molecular formula is C20H17N3O3. The van der Waals surface area contributed by atoms with Crippen LogP contribution in [0, 0.1) is 0 Å². The Morgan fingerprint density at radius 3 is 2.77 bits per heavy atom. The Balaban J connectivity index is 1.85. The normalized spacial score (nSPS) is 11.4. The number of hydrogen-bond donors (Lipinski definition) is 1. The number of aromatic nitrogens is 2. The fourth-order valence-corrected chi connectivity index (χ4v) is 2.95. The molecule has 130 valence electrons. The summed E-state index contributed by atoms with van der Waals surface area (Å²) in [5, 5.41) is 17.4. The molecule has 0 spiro atoms. The van der Waals surface area contributed by atoms with Crippen LogP contribution in [0.2, 0.25) is 0 Å². The molecule has 2 aromatic heterocycles. The summed E-state index contributed by atoms with van der Waals surface area (Å²) in [5.41, 5.74) is 2.84. The second kappa shape index (κ2) is 6.76. The second-order valence-corrected chi connectivity index (χ2v) is 5.82. The number of hydrogen-bond acceptors (Lipinski definition) is 5. The monoisotopic (exact) mass is 347 g/mol. The number of furan rings is 1. The van der Waals surface area contributed by atoms with Crippen molar-refractivity contribution in [2.24, 2.45) is 5.16 Å². The van der Waals surface area contributed by atoms with Gasteiger partial charge in [-0.2, -0.15) is 5.10 Å². The summed E-state index contributed by atoms with van der Waals surface area (Å²) in [5.74, 6) is 1.84. The van der Waals surface area contributed by atoms with Gasteiger partial charge < -0.3 is 14.4 Å². The maximum atomic E-state index is 8.67. The highest BCUT2D eigenvalue weighted by molar-refractivity contribution is 5.93. The minimum Gasteiger partial charge on any atom is -0.497 e. The number of fused-ring (bicyclic) bond motifs is 1. The van der Waals surface area contributed by atoms with Gasteiger partial charge in [-0.05, 0) is 29.8 Å². The summed E-state index contributed by atoms with van der Waals surface area (Å²) < 4.78 is 13.0. The van der Waals surface area contributed by atoms with Gasteiger partial charge in [0.25, 0.3) is 0 Å². The molecule has 4 aromatic rings. The molecule has 0 aliphatic carbocycles. The smallest absolute Gasteiger partial charge is 0.155 e. The summed E-state index contributed by atoms with van der Waals surface area (Å²) in [4.78, 5) is 0. The Hall–Kier alpha value is -3.54. The van der Waals surface area contributed by atoms with Crippen molar-refractivity contribution in [1.29, 1.82) is 0 Å². The highest BCUT2D eigenvalue weighted by atomic mass is 16.5. The highest BCUT2D eigenvalue weighted by Gasteiger charge is 2.16. The average Bonchev–Trinajstić information content (AvgIpc) is 3.27. The summed E-state index contributed by atoms with van der Waals surface area (Å²) >= 11 is 0. The van der Waals surface area contributed by atoms with E-state index < -0.39 is 0 Å². The largest absolute Gasteiger partial charge is 0.497 e. The van der Waals surface area contributed by atoms with Crippen LogP contribution in [-0.2, 0) is 6.54 Å². The third-order valence-electron chi connectivity index (χ3n) is 4.18. The molecule has 6 nitrogen and oxygen atoms in total. The van der Waals surface area contributed by atoms with Crippen LogP contribution in [0.3, 0.4) is 0 Å². The standard InChI is InChI=1S/C20H17N3O3/c1-25-15-7-9-17-18(11-15)23(13-14-5-3-2-4-6-14)22-20(17)19-10-8-16(26-19)12-21-24/h2-12,24H,13H2,1H3. The molecule has 0 radical (unpaired) electrons. The van der Waals surface area contributed by atoms with E-state index in [-0.39, 0.29) is 0 Å². The molecule has 0 aliphatic heterocycles. The van der Waals surface area contributed by atoms with Gasteiger partial charge in [-0.1, -0.05) is 35.5 Å². The van der Waals surface area contributed by atoms with E-state index in [1.54, 1.807) is 13.2 Å². The average molecular weight is 347 g/mol. The Morgan fingerprint density at radius 1 is 1.15 bits per heavy atom. The number of methoxy groups -OCH3 is 1. The van der Waals surface area contributed by atoms with Gasteiger partial charge in [0.05, 0.1) is 19.2 Å². The van der Waals surface area contributed by atoms with E-state index in [1.165, 1.54) is 6.21 Å². The number of ether oxygens (including phenoxy) is 1. The first-order valence-electron chi connectivity index (χ1n) is 8.14. The first-order valence-corrected chi connectivity index (χ1v) is 8.14. The summed E-state index contributed by atoms with van der Waals surface area (Å²) in [6, 6.07) is 19.5. The van der Waals surface area contributed by atoms with Gasteiger partial charge in [-0.15, -0.1) is 0 Å². The second-order valence-electron chi connectivity index (χ2n) is 5.82. The molecule has 6 heteroatoms. The maximum absolute atomic E-state index is 8.67. The van der Waals surface area contributed by atoms with E-state index in [0.29, 0.717) is 18.1 Å². The molecule has 0 unspecified atom stereocenters. The van der Waals surface area contributed by atoms with Crippen molar-refractivity contribution in [3.8, 4) is 17.2 Å². The molecule has 0 saturated carbocycles. The van der Waals surface area contributed by atoms with Crippen LogP contribution >= 0.6 is 0 Å². The van der Waals surface area contributed by atoms with E-state index in [2.05, 4.69) is 17.3 Å². The third-order valence-corrected chi connectivity index (χ3v) is 4.18. The summed E-state index contributed by atoms with van der Waals surface area (Å²) in [6.45, 7) is 0.635. The van der Waals surface area contributed by atoms with Gasteiger partial charge in [0.15, 0.2) is 5.76 Å². The summed E-state index contributed by atoms with van der Waals surface area (Å²) in [7, 11) is 1.65. The van der Waals surface area contributed by atoms with Crippen LogP contribution in [0.5, 0.6) is 5.75 Å². The van der Waals surface area contributed by atoms with Crippen molar-refractivity contribution >= 4 is 17.1 Å². The minimum atomic E-state index is 0.460. The molecule has 0 saturated heterocycles. The van der Waals surface area contributed by atoms with Crippen LogP contribution in [0.1, 0.15) is 11.3 Å². The lowest BCUT2D eigenvalue weighted by Crippen LogP contribution is -2.01. The van der Waals surface area contributed by atoms with Gasteiger partial charge in [0.2, 0.25) is 0 Å². The lowest BCUT2D eigenvalue weighted by atomic mass is 10.1. The Kier molecular flexibility index (Phi) is 4.15. The van der Waals surface area contributed by atoms with E-state index in [4.69, 9.17) is 19.5 Å². The lowest BCUT2D eigenvalue weighted by molar-refractivity contribution is 0.321. The van der Waals surface area contributed by atoms with Crippen LogP contribution < -0.4 is 4.74 Å². The predicted molar refractivity (Wildman–Crippen MR) is 98.9 cm³/mol. The summed E-state index contributed by atoms with van der Waals surface area (Å²) in [6.07, 6.45) is 1.25. The lowest BCUT2D eigenvalue weighted by Gasteiger charge is -2.05. The Morgan fingerprint density at radius 2 is 2.00 bits per heavy atom. The van der Waals surface area contributed by atoms with Crippen LogP contribution in [0.15, 0.2) is 70.2 Å². The first kappa shape index (κ1) is 16.0. The fourth-order valence-electron chi connectivity index (χ4n) is 2.95. The van der Waals surface area contributed by atoms with Crippen LogP contribution in [0.4, 0.5) is 0 Å². The van der Waals surface area contributed by atoms with Crippen molar-refractivity contribution in [3.05, 3.63) is 72.0 Å². The quantitative estimate of drug-likeness (QED) is 0.334. The van der Waals surface area contributed by atoms with E-state index in [9.17, 15) is 0 Å². The fraction of sp³-hybridized carbons (Fsp3) is 0.100. The van der Waals surface area contributed by atoms with Crippen molar-refractivity contribution in [1.82, 2.24) is 9.78 Å². The van der Waals surface area contributed by atoms with E-state index in [0.717, 1.165) is 27.9 Å². The zero-order valence-corrected chi connectivity index (χ0v) is 14.2. The molecule has 0 fully saturated rings. The molecule has 0 amide bonds. The van der Waals surface area contributed by atoms with Crippen molar-refractivity contribution in [2.45, 2.75) is 6.54 Å². The predicted octanol–water partition coefficient (Wildman–Crippen LogP) is 4.16. The van der Waals surface area contributed by atoms with E-state index >= 15 is 0 Å². The number of rotatable bonds is 5. The van der Waals surface area contributed by atoms with Crippen LogP contribution in [-0.4, -0.2) is 28.3 Å². The van der Waals surface area contributed by atoms with Crippen molar-refractivity contribution in [3.63, 3.8) is 0 Å². The van der Waals surface area contributed by atoms with Gasteiger partial charge >= 0.3 is 0 Å².